The van der Waals surface area contributed by atoms with Gasteiger partial charge in [0.25, 0.3) is 0 Å². The zero-order chi connectivity index (χ0) is 18.1. The maximum atomic E-state index is 12.2. The summed E-state index contributed by atoms with van der Waals surface area (Å²) in [6, 6.07) is 4.08. The van der Waals surface area contributed by atoms with Crippen molar-refractivity contribution >= 4 is 11.6 Å². The van der Waals surface area contributed by atoms with Gasteiger partial charge in [0.2, 0.25) is 5.91 Å². The average molecular weight is 338 g/mol. The van der Waals surface area contributed by atoms with Gasteiger partial charge in [0.05, 0.1) is 29.2 Å². The van der Waals surface area contributed by atoms with Gasteiger partial charge in [0.1, 0.15) is 6.07 Å². The number of amides is 1. The minimum absolute atomic E-state index is 0.0109. The van der Waals surface area contributed by atoms with Crippen molar-refractivity contribution in [3.05, 3.63) is 41.0 Å². The zero-order valence-corrected chi connectivity index (χ0v) is 14.9. The molecule has 1 aliphatic rings. The number of carbonyl (C=O) groups is 1. The molecule has 130 valence electrons. The van der Waals surface area contributed by atoms with Crippen LogP contribution in [0.25, 0.3) is 0 Å². The van der Waals surface area contributed by atoms with Gasteiger partial charge in [-0.1, -0.05) is 0 Å². The molecule has 1 amide bonds. The summed E-state index contributed by atoms with van der Waals surface area (Å²) in [4.78, 5) is 18.4. The number of aryl methyl sites for hydroxylation is 3. The standard InChI is InChI=1S/C18H22N6O/c1-11-5-16(15(7-19)12(2)22-11)20-8-13-6-17(25)24(4)18(13)14-9-21-23(3)10-14/h5,9-10,13,18H,6,8H2,1-4H3,(H,20,22)/t13-,18+/m0/s1. The molecule has 0 radical (unpaired) electrons. The van der Waals surface area contributed by atoms with Gasteiger partial charge in [-0.05, 0) is 19.9 Å². The summed E-state index contributed by atoms with van der Waals surface area (Å²) < 4.78 is 1.75. The maximum Gasteiger partial charge on any atom is 0.223 e. The number of anilines is 1. The molecule has 0 saturated carbocycles. The van der Waals surface area contributed by atoms with E-state index in [1.807, 2.05) is 46.4 Å². The Balaban J connectivity index is 1.83. The lowest BCUT2D eigenvalue weighted by Crippen LogP contribution is -2.26. The smallest absolute Gasteiger partial charge is 0.223 e. The number of aromatic nitrogens is 3. The Bertz CT molecular complexity index is 850. The normalized spacial score (nSPS) is 20.0. The van der Waals surface area contributed by atoms with E-state index in [1.54, 1.807) is 9.58 Å². The summed E-state index contributed by atoms with van der Waals surface area (Å²) in [6.45, 7) is 4.35. The lowest BCUT2D eigenvalue weighted by atomic mass is 9.95. The number of nitrogens with zero attached hydrogens (tertiary/aromatic N) is 5. The van der Waals surface area contributed by atoms with Crippen molar-refractivity contribution in [3.8, 4) is 6.07 Å². The first-order chi connectivity index (χ1) is 11.9. The molecule has 0 aliphatic carbocycles. The van der Waals surface area contributed by atoms with E-state index < -0.39 is 0 Å². The molecule has 2 atom stereocenters. The number of likely N-dealkylation sites (tertiary alicyclic amines) is 1. The van der Waals surface area contributed by atoms with Gasteiger partial charge in [0, 0.05) is 50.4 Å². The first kappa shape index (κ1) is 17.0. The molecule has 7 heteroatoms. The Labute approximate surface area is 147 Å². The number of pyridine rings is 1. The first-order valence-electron chi connectivity index (χ1n) is 8.27. The van der Waals surface area contributed by atoms with Crippen LogP contribution in [0.1, 0.15) is 35.0 Å². The predicted molar refractivity (Wildman–Crippen MR) is 93.7 cm³/mol. The number of nitriles is 1. The van der Waals surface area contributed by atoms with E-state index in [1.165, 1.54) is 0 Å². The molecule has 0 aromatic carbocycles. The van der Waals surface area contributed by atoms with Crippen molar-refractivity contribution in [1.29, 1.82) is 5.26 Å². The largest absolute Gasteiger partial charge is 0.383 e. The molecule has 3 heterocycles. The molecular formula is C18H22N6O. The third kappa shape index (κ3) is 3.20. The van der Waals surface area contributed by atoms with E-state index in [0.29, 0.717) is 24.2 Å². The third-order valence-electron chi connectivity index (χ3n) is 4.76. The van der Waals surface area contributed by atoms with Crippen LogP contribution in [-0.4, -0.2) is 39.2 Å². The lowest BCUT2D eigenvalue weighted by Gasteiger charge is -2.24. The molecule has 1 aliphatic heterocycles. The number of rotatable bonds is 4. The van der Waals surface area contributed by atoms with Crippen LogP contribution in [0.2, 0.25) is 0 Å². The summed E-state index contributed by atoms with van der Waals surface area (Å²) in [6.07, 6.45) is 4.25. The summed E-state index contributed by atoms with van der Waals surface area (Å²) >= 11 is 0. The van der Waals surface area contributed by atoms with Crippen molar-refractivity contribution in [2.24, 2.45) is 13.0 Å². The van der Waals surface area contributed by atoms with Gasteiger partial charge < -0.3 is 10.2 Å². The highest BCUT2D eigenvalue weighted by molar-refractivity contribution is 5.79. The second-order valence-electron chi connectivity index (χ2n) is 6.63. The molecule has 0 spiro atoms. The predicted octanol–water partition coefficient (Wildman–Crippen LogP) is 1.94. The quantitative estimate of drug-likeness (QED) is 0.920. The number of nitrogens with one attached hydrogen (secondary N) is 1. The van der Waals surface area contributed by atoms with Gasteiger partial charge in [0.15, 0.2) is 0 Å². The van der Waals surface area contributed by atoms with Crippen molar-refractivity contribution in [3.63, 3.8) is 0 Å². The fourth-order valence-corrected chi connectivity index (χ4v) is 3.57. The molecule has 0 bridgehead atoms. The molecule has 7 nitrogen and oxygen atoms in total. The first-order valence-corrected chi connectivity index (χ1v) is 8.27. The van der Waals surface area contributed by atoms with Gasteiger partial charge in [-0.3, -0.25) is 14.5 Å². The molecule has 1 saturated heterocycles. The summed E-state index contributed by atoms with van der Waals surface area (Å²) in [5, 5.41) is 17.0. The average Bonchev–Trinajstić information content (AvgIpc) is 3.08. The minimum Gasteiger partial charge on any atom is -0.383 e. The van der Waals surface area contributed by atoms with Crippen LogP contribution in [0.4, 0.5) is 5.69 Å². The van der Waals surface area contributed by atoms with Gasteiger partial charge >= 0.3 is 0 Å². The van der Waals surface area contributed by atoms with E-state index in [9.17, 15) is 10.1 Å². The Morgan fingerprint density at radius 2 is 2.16 bits per heavy atom. The molecule has 1 N–H and O–H groups in total. The van der Waals surface area contributed by atoms with Gasteiger partial charge in [-0.2, -0.15) is 10.4 Å². The van der Waals surface area contributed by atoms with Crippen LogP contribution >= 0.6 is 0 Å². The van der Waals surface area contributed by atoms with E-state index in [4.69, 9.17) is 0 Å². The summed E-state index contributed by atoms with van der Waals surface area (Å²) in [7, 11) is 3.71. The van der Waals surface area contributed by atoms with Crippen molar-refractivity contribution in [2.75, 3.05) is 18.9 Å². The Hall–Kier alpha value is -2.88. The van der Waals surface area contributed by atoms with E-state index in [-0.39, 0.29) is 17.9 Å². The second kappa shape index (κ2) is 6.55. The molecular weight excluding hydrogens is 316 g/mol. The van der Waals surface area contributed by atoms with Crippen LogP contribution in [0.5, 0.6) is 0 Å². The van der Waals surface area contributed by atoms with Crippen LogP contribution in [0.3, 0.4) is 0 Å². The van der Waals surface area contributed by atoms with Crippen LogP contribution in [-0.2, 0) is 11.8 Å². The highest BCUT2D eigenvalue weighted by atomic mass is 16.2. The Kier molecular flexibility index (Phi) is 4.45. The topological polar surface area (TPSA) is 86.8 Å². The third-order valence-corrected chi connectivity index (χ3v) is 4.76. The molecule has 3 rings (SSSR count). The highest BCUT2D eigenvalue weighted by Crippen LogP contribution is 2.37. The van der Waals surface area contributed by atoms with Crippen molar-refractivity contribution in [2.45, 2.75) is 26.3 Å². The minimum atomic E-state index is -0.0109. The zero-order valence-electron chi connectivity index (χ0n) is 14.9. The van der Waals surface area contributed by atoms with Gasteiger partial charge in [-0.25, -0.2) is 0 Å². The van der Waals surface area contributed by atoms with E-state index in [0.717, 1.165) is 16.9 Å². The summed E-state index contributed by atoms with van der Waals surface area (Å²) in [5.41, 5.74) is 3.95. The van der Waals surface area contributed by atoms with Crippen molar-refractivity contribution in [1.82, 2.24) is 19.7 Å². The molecule has 25 heavy (non-hydrogen) atoms. The lowest BCUT2D eigenvalue weighted by molar-refractivity contribution is -0.127. The Morgan fingerprint density at radius 1 is 1.40 bits per heavy atom. The second-order valence-corrected chi connectivity index (χ2v) is 6.63. The Morgan fingerprint density at radius 3 is 2.80 bits per heavy atom. The van der Waals surface area contributed by atoms with Crippen LogP contribution in [0.15, 0.2) is 18.5 Å². The van der Waals surface area contributed by atoms with E-state index in [2.05, 4.69) is 21.5 Å². The fraction of sp³-hybridized carbons (Fsp3) is 0.444. The maximum absolute atomic E-state index is 12.2. The number of hydrogen-bond acceptors (Lipinski definition) is 5. The number of carbonyl (C=O) groups excluding carboxylic acids is 1. The SMILES string of the molecule is Cc1cc(NC[C@@H]2CC(=O)N(C)[C@H]2c2cnn(C)c2)c(C#N)c(C)n1. The van der Waals surface area contributed by atoms with Crippen LogP contribution in [0, 0.1) is 31.1 Å². The molecule has 2 aromatic rings. The molecule has 2 aromatic heterocycles. The van der Waals surface area contributed by atoms with Crippen molar-refractivity contribution < 1.29 is 4.79 Å². The highest BCUT2D eigenvalue weighted by Gasteiger charge is 2.39. The van der Waals surface area contributed by atoms with Gasteiger partial charge in [-0.15, -0.1) is 0 Å². The van der Waals surface area contributed by atoms with Crippen LogP contribution < -0.4 is 5.32 Å². The van der Waals surface area contributed by atoms with E-state index >= 15 is 0 Å². The number of hydrogen-bond donors (Lipinski definition) is 1. The fourth-order valence-electron chi connectivity index (χ4n) is 3.57. The summed E-state index contributed by atoms with van der Waals surface area (Å²) in [5.74, 6) is 0.241. The molecule has 0 unspecified atom stereocenters. The monoisotopic (exact) mass is 338 g/mol. The molecule has 1 fully saturated rings.